The fraction of sp³-hybridized carbons (Fsp3) is 0.226. The van der Waals surface area contributed by atoms with Gasteiger partial charge in [-0.3, -0.25) is 0 Å². The molecule has 16 aromatic rings. The monoisotopic (exact) mass is 1630 g/mol. The Morgan fingerprint density at radius 1 is 0.206 bits per heavy atom. The third-order valence-electron chi connectivity index (χ3n) is 29.2. The van der Waals surface area contributed by atoms with Crippen molar-refractivity contribution >= 4 is 34.1 Å². The zero-order valence-electron chi connectivity index (χ0n) is 80.2. The van der Waals surface area contributed by atoms with E-state index in [1.54, 1.807) is 13.8 Å². The summed E-state index contributed by atoms with van der Waals surface area (Å²) in [5.41, 5.74) is 48.1. The number of fused-ring (bicyclic) bond motifs is 26. The molecule has 0 unspecified atom stereocenters. The summed E-state index contributed by atoms with van der Waals surface area (Å²) < 4.78 is 32.9. The molecule has 0 bridgehead atoms. The van der Waals surface area contributed by atoms with E-state index in [2.05, 4.69) is 412 Å². The number of benzene rings is 16. The first-order valence-corrected chi connectivity index (χ1v) is 45.3. The van der Waals surface area contributed by atoms with Crippen molar-refractivity contribution < 1.29 is 5.48 Å². The van der Waals surface area contributed by atoms with Crippen molar-refractivity contribution in [3.8, 4) is 89.0 Å². The molecule has 0 atom stereocenters. The van der Waals surface area contributed by atoms with Gasteiger partial charge in [0.1, 0.15) is 0 Å². The van der Waals surface area contributed by atoms with Crippen LogP contribution in [0.25, 0.3) is 89.0 Å². The summed E-state index contributed by atoms with van der Waals surface area (Å²) in [5, 5.41) is 0. The summed E-state index contributed by atoms with van der Waals surface area (Å²) in [6.45, 7) is 40.6. The summed E-state index contributed by atoms with van der Waals surface area (Å²) in [4.78, 5) is 4.92. The Balaban J connectivity index is 0.000000157. The molecular formula is C124H114N2. The van der Waals surface area contributed by atoms with E-state index in [0.717, 1.165) is 56.4 Å². The van der Waals surface area contributed by atoms with E-state index in [4.69, 9.17) is 5.48 Å². The number of aryl methyl sites for hydroxylation is 2. The van der Waals surface area contributed by atoms with Crippen LogP contribution in [0.5, 0.6) is 0 Å². The Bertz CT molecular complexity index is 7190. The second kappa shape index (κ2) is 28.8. The lowest BCUT2D eigenvalue weighted by Gasteiger charge is -2.34. The lowest BCUT2D eigenvalue weighted by Crippen LogP contribution is -2.27. The first kappa shape index (κ1) is 75.6. The van der Waals surface area contributed by atoms with Crippen LogP contribution in [-0.4, -0.2) is 0 Å². The minimum Gasteiger partial charge on any atom is -0.310 e. The van der Waals surface area contributed by atoms with Crippen molar-refractivity contribution in [2.75, 3.05) is 9.80 Å². The molecule has 0 aliphatic heterocycles. The van der Waals surface area contributed by atoms with Crippen molar-refractivity contribution in [2.45, 2.75) is 181 Å². The van der Waals surface area contributed by atoms with E-state index < -0.39 is 23.6 Å². The third-order valence-corrected chi connectivity index (χ3v) is 29.2. The molecule has 6 aliphatic carbocycles. The summed E-state index contributed by atoms with van der Waals surface area (Å²) in [6.07, 6.45) is -2.78. The maximum atomic E-state index is 8.23. The first-order chi connectivity index (χ1) is 61.7. The van der Waals surface area contributed by atoms with Crippen molar-refractivity contribution in [1.29, 1.82) is 0 Å². The Morgan fingerprint density at radius 2 is 0.429 bits per heavy atom. The fourth-order valence-electron chi connectivity index (χ4n) is 22.3. The van der Waals surface area contributed by atoms with Crippen LogP contribution in [0.4, 0.5) is 34.1 Å². The molecule has 2 nitrogen and oxygen atoms in total. The van der Waals surface area contributed by atoms with Gasteiger partial charge in [-0.1, -0.05) is 392 Å². The quantitative estimate of drug-likeness (QED) is 0.135. The van der Waals surface area contributed by atoms with Gasteiger partial charge < -0.3 is 9.80 Å². The number of rotatable bonds is 10. The standard InChI is InChI=1S/2C62H57N/c1-10-39-19-21-40(22-20-39)41-23-27-44(28-24-41)63(45-30-34-54-52(37-45)48-16-11-13-17-53(48)61(54,8)9)46-29-33-51-47-15-12-14-18-55(47)62(58(51)38-46)56-35-42(59(2,3)4)25-31-49(56)50-32-26-43(36-57(50)62)60(5,6)7;1-10-39-19-21-40(22-20-39)41-23-27-44(28-24-41)63(45-29-33-49-47-15-11-13-17-53(47)61(8,9)55(49)37-45)46-30-34-52-48-16-12-14-18-54(48)62(58(52)38-46)56-35-42(59(2,3)4)25-31-50(56)51-32-26-43(36-57(51)62)60(5,6)7/h2*11-38H,10H2,1-9H3/i2*10D2. The second-order valence-corrected chi connectivity index (χ2v) is 41.3. The SMILES string of the molecule is [2H]C([2H])(C)c1ccc(-c2ccc(N(c3ccc4c(c3)-c3ccccc3C4(C)C)c3ccc4c(c3)C3(c5ccccc5-4)c4cc(C(C)(C)C)ccc4-c4ccc(C(C)(C)C)cc43)cc2)cc1.[2H]C([2H])(C)c1ccc(-c2ccc(N(c3ccc4c(c3)C(C)(C)c3ccccc3-4)c3ccc4c(c3)C3(c5ccccc5-4)c4cc(C(C)(C)C)ccc4-c4ccc(C(C)(C)C)cc43)cc2)cc1. The summed E-state index contributed by atoms with van der Waals surface area (Å²) >= 11 is 0. The minimum absolute atomic E-state index is 0.0276. The summed E-state index contributed by atoms with van der Waals surface area (Å²) in [7, 11) is 0. The molecule has 22 rings (SSSR count). The van der Waals surface area contributed by atoms with Gasteiger partial charge in [-0.05, 0) is 296 Å². The normalized spacial score (nSPS) is 15.4. The van der Waals surface area contributed by atoms with E-state index in [-0.39, 0.29) is 32.5 Å². The molecule has 0 saturated carbocycles. The number of nitrogens with zero attached hydrogens (tertiary/aromatic N) is 2. The lowest BCUT2D eigenvalue weighted by molar-refractivity contribution is 0.586. The molecule has 2 spiro atoms. The van der Waals surface area contributed by atoms with Crippen molar-refractivity contribution in [3.05, 3.63) is 440 Å². The van der Waals surface area contributed by atoms with Gasteiger partial charge in [-0.25, -0.2) is 0 Å². The Hall–Kier alpha value is -12.9. The maximum Gasteiger partial charge on any atom is 0.0726 e. The molecule has 0 radical (unpaired) electrons. The molecule has 6 aliphatic rings. The third kappa shape index (κ3) is 12.3. The van der Waals surface area contributed by atoms with Crippen LogP contribution in [0.1, 0.15) is 230 Å². The largest absolute Gasteiger partial charge is 0.310 e. The second-order valence-electron chi connectivity index (χ2n) is 41.3. The van der Waals surface area contributed by atoms with Gasteiger partial charge in [0.05, 0.1) is 10.8 Å². The highest BCUT2D eigenvalue weighted by molar-refractivity contribution is 6.00. The van der Waals surface area contributed by atoms with Gasteiger partial charge in [0, 0.05) is 50.4 Å². The number of hydrogen-bond donors (Lipinski definition) is 0. The smallest absolute Gasteiger partial charge is 0.0726 e. The number of anilines is 6. The zero-order chi connectivity index (χ0) is 90.8. The van der Waals surface area contributed by atoms with E-state index in [0.29, 0.717) is 11.1 Å². The van der Waals surface area contributed by atoms with Gasteiger partial charge in [-0.15, -0.1) is 0 Å². The van der Waals surface area contributed by atoms with E-state index >= 15 is 0 Å². The van der Waals surface area contributed by atoms with Gasteiger partial charge in [-0.2, -0.15) is 0 Å². The molecule has 0 amide bonds. The fourth-order valence-corrected chi connectivity index (χ4v) is 22.3. The molecule has 0 heterocycles. The van der Waals surface area contributed by atoms with Crippen LogP contribution in [0.15, 0.2) is 340 Å². The summed E-state index contributed by atoms with van der Waals surface area (Å²) in [6, 6.07) is 127. The molecule has 0 saturated heterocycles. The Morgan fingerprint density at radius 3 is 0.754 bits per heavy atom. The topological polar surface area (TPSA) is 6.48 Å². The average Bonchev–Trinajstić information content (AvgIpc) is 1.51. The van der Waals surface area contributed by atoms with E-state index in [9.17, 15) is 0 Å². The molecule has 16 aromatic carbocycles. The molecule has 620 valence electrons. The van der Waals surface area contributed by atoms with Crippen LogP contribution in [0, 0.1) is 0 Å². The predicted octanol–water partition coefficient (Wildman–Crippen LogP) is 33.3. The van der Waals surface area contributed by atoms with Crippen LogP contribution >= 0.6 is 0 Å². The first-order valence-electron chi connectivity index (χ1n) is 47.3. The van der Waals surface area contributed by atoms with Gasteiger partial charge in [0.15, 0.2) is 0 Å². The van der Waals surface area contributed by atoms with E-state index in [1.807, 2.05) is 48.5 Å². The molecule has 0 N–H and O–H groups in total. The molecule has 0 fully saturated rings. The van der Waals surface area contributed by atoms with Gasteiger partial charge >= 0.3 is 0 Å². The molecule has 0 aromatic heterocycles. The van der Waals surface area contributed by atoms with E-state index in [1.165, 1.54) is 156 Å². The minimum atomic E-state index is -1.39. The van der Waals surface area contributed by atoms with Crippen molar-refractivity contribution in [3.63, 3.8) is 0 Å². The predicted molar refractivity (Wildman–Crippen MR) is 534 cm³/mol. The summed E-state index contributed by atoms with van der Waals surface area (Å²) in [5.74, 6) is 0. The van der Waals surface area contributed by atoms with Gasteiger partial charge in [0.25, 0.3) is 0 Å². The molecule has 2 heteroatoms. The number of hydrogen-bond acceptors (Lipinski definition) is 2. The highest BCUT2D eigenvalue weighted by Gasteiger charge is 2.55. The van der Waals surface area contributed by atoms with Crippen LogP contribution in [0.3, 0.4) is 0 Å². The highest BCUT2D eigenvalue weighted by Crippen LogP contribution is 2.67. The molecular weight excluding hydrogens is 1520 g/mol. The average molecular weight is 1640 g/mol. The van der Waals surface area contributed by atoms with Crippen molar-refractivity contribution in [1.82, 2.24) is 0 Å². The highest BCUT2D eigenvalue weighted by atomic mass is 15.1. The van der Waals surface area contributed by atoms with Crippen molar-refractivity contribution in [2.24, 2.45) is 0 Å². The molecule has 126 heavy (non-hydrogen) atoms. The Kier molecular flexibility index (Phi) is 17.3. The van der Waals surface area contributed by atoms with Gasteiger partial charge in [0.2, 0.25) is 0 Å². The lowest BCUT2D eigenvalue weighted by atomic mass is 9.68. The van der Waals surface area contributed by atoms with Crippen LogP contribution < -0.4 is 9.80 Å². The maximum absolute atomic E-state index is 8.23. The van der Waals surface area contributed by atoms with Crippen LogP contribution in [0.2, 0.25) is 0 Å². The Labute approximate surface area is 754 Å². The van der Waals surface area contributed by atoms with Crippen LogP contribution in [-0.2, 0) is 56.1 Å². The zero-order valence-corrected chi connectivity index (χ0v) is 76.2.